The van der Waals surface area contributed by atoms with Crippen molar-refractivity contribution in [3.8, 4) is 11.8 Å². The number of aliphatic carboxylic acids is 1. The van der Waals surface area contributed by atoms with Crippen molar-refractivity contribution in [3.63, 3.8) is 0 Å². The molecule has 2 aliphatic rings. The SMILES string of the molecule is O=C(O)CCCC=CC[C@@H]1[C@@H](CS(=O)CCC#CCCc2ccccc2)[C@@H]2CC[C@H]1O2. The number of unbranched alkanes of at least 4 members (excludes halogenated alkanes) is 1. The quantitative estimate of drug-likeness (QED) is 0.288. The van der Waals surface area contributed by atoms with E-state index in [4.69, 9.17) is 9.84 Å². The van der Waals surface area contributed by atoms with Gasteiger partial charge in [-0.1, -0.05) is 42.5 Å². The number of benzene rings is 1. The lowest BCUT2D eigenvalue weighted by molar-refractivity contribution is -0.137. The molecular weight excluding hydrogens is 408 g/mol. The number of hydrogen-bond donors (Lipinski definition) is 1. The molecule has 0 saturated carbocycles. The molecule has 168 valence electrons. The molecule has 5 heteroatoms. The Kier molecular flexibility index (Phi) is 9.84. The van der Waals surface area contributed by atoms with Crippen molar-refractivity contribution in [2.45, 2.75) is 70.0 Å². The first-order valence-corrected chi connectivity index (χ1v) is 13.0. The van der Waals surface area contributed by atoms with Crippen LogP contribution in [0.3, 0.4) is 0 Å². The van der Waals surface area contributed by atoms with Crippen molar-refractivity contribution in [2.75, 3.05) is 11.5 Å². The van der Waals surface area contributed by atoms with Crippen molar-refractivity contribution in [1.82, 2.24) is 0 Å². The van der Waals surface area contributed by atoms with Gasteiger partial charge in [0.1, 0.15) is 0 Å². The zero-order valence-electron chi connectivity index (χ0n) is 18.2. The summed E-state index contributed by atoms with van der Waals surface area (Å²) >= 11 is 0. The number of carboxylic acids is 1. The third-order valence-corrected chi connectivity index (χ3v) is 7.68. The molecule has 2 saturated heterocycles. The molecule has 31 heavy (non-hydrogen) atoms. The summed E-state index contributed by atoms with van der Waals surface area (Å²) in [4.78, 5) is 10.6. The smallest absolute Gasteiger partial charge is 0.303 e. The van der Waals surface area contributed by atoms with Crippen LogP contribution in [0.1, 0.15) is 56.9 Å². The van der Waals surface area contributed by atoms with E-state index in [9.17, 15) is 9.00 Å². The second-order valence-corrected chi connectivity index (χ2v) is 10.1. The van der Waals surface area contributed by atoms with Gasteiger partial charge in [-0.25, -0.2) is 0 Å². The predicted octanol–water partition coefficient (Wildman–Crippen LogP) is 4.76. The molecule has 0 aromatic heterocycles. The molecule has 3 rings (SSSR count). The first-order valence-electron chi connectivity index (χ1n) is 11.5. The van der Waals surface area contributed by atoms with Gasteiger partial charge in [0.2, 0.25) is 0 Å². The Morgan fingerprint density at radius 3 is 2.61 bits per heavy atom. The van der Waals surface area contributed by atoms with Crippen LogP contribution in [0.15, 0.2) is 42.5 Å². The lowest BCUT2D eigenvalue weighted by atomic mass is 9.78. The van der Waals surface area contributed by atoms with E-state index >= 15 is 0 Å². The first kappa shape index (κ1) is 23.8. The molecule has 2 fully saturated rings. The number of hydrogen-bond acceptors (Lipinski definition) is 3. The standard InChI is InChI=1S/C26H34O4S/c27-26(28)16-10-2-1-9-15-22-23(25-18-17-24(22)30-25)20-31(29)19-11-4-3-6-12-21-13-7-5-8-14-21/h1,5,7-9,13-14,22-25H,2,6,10-12,15-20H2,(H,27,28)/t22-,23-,24-,25+,31?/m1/s1. The van der Waals surface area contributed by atoms with E-state index in [1.807, 2.05) is 18.2 Å². The lowest BCUT2D eigenvalue weighted by Crippen LogP contribution is -2.31. The zero-order chi connectivity index (χ0) is 21.9. The predicted molar refractivity (Wildman–Crippen MR) is 125 cm³/mol. The molecule has 1 N–H and O–H groups in total. The minimum absolute atomic E-state index is 0.221. The summed E-state index contributed by atoms with van der Waals surface area (Å²) in [6, 6.07) is 10.4. The van der Waals surface area contributed by atoms with Crippen LogP contribution in [-0.2, 0) is 26.8 Å². The Morgan fingerprint density at radius 1 is 1.10 bits per heavy atom. The van der Waals surface area contributed by atoms with Crippen molar-refractivity contribution in [1.29, 1.82) is 0 Å². The van der Waals surface area contributed by atoms with Crippen LogP contribution in [0.5, 0.6) is 0 Å². The van der Waals surface area contributed by atoms with E-state index in [2.05, 4.69) is 36.1 Å². The fourth-order valence-electron chi connectivity index (χ4n) is 4.66. The summed E-state index contributed by atoms with van der Waals surface area (Å²) in [6.07, 6.45) is 12.2. The highest BCUT2D eigenvalue weighted by atomic mass is 32.2. The Bertz CT molecular complexity index is 808. The molecule has 1 aromatic carbocycles. The molecule has 5 atom stereocenters. The first-order chi connectivity index (χ1) is 15.1. The van der Waals surface area contributed by atoms with E-state index in [1.54, 1.807) is 0 Å². The average Bonchev–Trinajstić information content (AvgIpc) is 3.36. The Hall–Kier alpha value is -1.90. The van der Waals surface area contributed by atoms with E-state index in [0.717, 1.165) is 38.5 Å². The van der Waals surface area contributed by atoms with Gasteiger partial charge in [-0.15, -0.1) is 11.8 Å². The molecule has 0 amide bonds. The van der Waals surface area contributed by atoms with Crippen LogP contribution in [0.4, 0.5) is 0 Å². The van der Waals surface area contributed by atoms with E-state index in [1.165, 1.54) is 5.56 Å². The zero-order valence-corrected chi connectivity index (χ0v) is 19.0. The Morgan fingerprint density at radius 2 is 1.84 bits per heavy atom. The van der Waals surface area contributed by atoms with Gasteiger partial charge in [0.05, 0.1) is 12.2 Å². The average molecular weight is 443 g/mol. The molecule has 0 spiro atoms. The number of ether oxygens (including phenoxy) is 1. The van der Waals surface area contributed by atoms with Gasteiger partial charge in [0, 0.05) is 47.5 Å². The summed E-state index contributed by atoms with van der Waals surface area (Å²) in [6.45, 7) is 0. The molecule has 2 heterocycles. The maximum absolute atomic E-state index is 12.7. The third-order valence-electron chi connectivity index (χ3n) is 6.27. The number of allylic oxidation sites excluding steroid dienone is 2. The van der Waals surface area contributed by atoms with Crippen molar-refractivity contribution >= 4 is 16.8 Å². The molecular formula is C26H34O4S. The van der Waals surface area contributed by atoms with Gasteiger partial charge in [0.25, 0.3) is 0 Å². The summed E-state index contributed by atoms with van der Waals surface area (Å²) in [5.41, 5.74) is 1.30. The molecule has 2 aliphatic heterocycles. The number of carbonyl (C=O) groups is 1. The van der Waals surface area contributed by atoms with Crippen LogP contribution in [-0.4, -0.2) is 39.0 Å². The van der Waals surface area contributed by atoms with Gasteiger partial charge >= 0.3 is 5.97 Å². The molecule has 2 bridgehead atoms. The summed E-state index contributed by atoms with van der Waals surface area (Å²) < 4.78 is 18.8. The van der Waals surface area contributed by atoms with Crippen LogP contribution < -0.4 is 0 Å². The van der Waals surface area contributed by atoms with Gasteiger partial charge in [-0.2, -0.15) is 0 Å². The fourth-order valence-corrected chi connectivity index (χ4v) is 6.05. The van der Waals surface area contributed by atoms with E-state index in [-0.39, 0.29) is 12.5 Å². The monoisotopic (exact) mass is 442 g/mol. The molecule has 4 nitrogen and oxygen atoms in total. The van der Waals surface area contributed by atoms with Crippen LogP contribution in [0.2, 0.25) is 0 Å². The third kappa shape index (κ3) is 7.94. The van der Waals surface area contributed by atoms with Crippen molar-refractivity contribution in [2.24, 2.45) is 11.8 Å². The van der Waals surface area contributed by atoms with Crippen LogP contribution >= 0.6 is 0 Å². The normalized spacial score (nSPS) is 25.4. The van der Waals surface area contributed by atoms with Gasteiger partial charge in [-0.05, 0) is 50.0 Å². The highest BCUT2D eigenvalue weighted by Crippen LogP contribution is 2.45. The summed E-state index contributed by atoms with van der Waals surface area (Å²) in [7, 11) is -0.861. The van der Waals surface area contributed by atoms with E-state index in [0.29, 0.717) is 42.3 Å². The highest BCUT2D eigenvalue weighted by Gasteiger charge is 2.48. The number of aryl methyl sites for hydroxylation is 1. The Labute approximate surface area is 188 Å². The second kappa shape index (κ2) is 12.8. The van der Waals surface area contributed by atoms with Gasteiger partial charge in [0.15, 0.2) is 0 Å². The lowest BCUT2D eigenvalue weighted by Gasteiger charge is -2.26. The van der Waals surface area contributed by atoms with Gasteiger partial charge in [-0.3, -0.25) is 9.00 Å². The van der Waals surface area contributed by atoms with Crippen LogP contribution in [0.25, 0.3) is 0 Å². The molecule has 0 aliphatic carbocycles. The molecule has 1 aromatic rings. The maximum atomic E-state index is 12.7. The van der Waals surface area contributed by atoms with Crippen molar-refractivity contribution < 1.29 is 18.8 Å². The molecule has 0 radical (unpaired) electrons. The largest absolute Gasteiger partial charge is 0.481 e. The molecule has 1 unspecified atom stereocenters. The fraction of sp³-hybridized carbons (Fsp3) is 0.577. The second-order valence-electron chi connectivity index (χ2n) is 8.51. The Balaban J connectivity index is 1.36. The number of carboxylic acid groups (broad SMARTS) is 1. The van der Waals surface area contributed by atoms with E-state index < -0.39 is 16.8 Å². The minimum atomic E-state index is -0.861. The maximum Gasteiger partial charge on any atom is 0.303 e. The summed E-state index contributed by atoms with van der Waals surface area (Å²) in [5.74, 6) is 7.83. The highest BCUT2D eigenvalue weighted by molar-refractivity contribution is 7.84. The van der Waals surface area contributed by atoms with Gasteiger partial charge < -0.3 is 9.84 Å². The summed E-state index contributed by atoms with van der Waals surface area (Å²) in [5, 5.41) is 8.71. The number of fused-ring (bicyclic) bond motifs is 2. The van der Waals surface area contributed by atoms with Crippen LogP contribution in [0, 0.1) is 23.7 Å². The topological polar surface area (TPSA) is 63.6 Å². The number of rotatable bonds is 12. The minimum Gasteiger partial charge on any atom is -0.481 e. The van der Waals surface area contributed by atoms with Crippen molar-refractivity contribution in [3.05, 3.63) is 48.0 Å².